The maximum absolute atomic E-state index is 12.6. The number of carbonyl (C=O) groups is 4. The van der Waals surface area contributed by atoms with Gasteiger partial charge in [0.1, 0.15) is 11.4 Å². The summed E-state index contributed by atoms with van der Waals surface area (Å²) in [7, 11) is 0. The van der Waals surface area contributed by atoms with E-state index in [2.05, 4.69) is 9.97 Å². The number of esters is 4. The molecule has 2 heterocycles. The van der Waals surface area contributed by atoms with E-state index in [9.17, 15) is 19.2 Å². The first-order chi connectivity index (χ1) is 16.7. The predicted molar refractivity (Wildman–Crippen MR) is 128 cm³/mol. The SMILES string of the molecule is CCOC(=O)c1[nH]c(/C=C/Cc2[nH]c(C(=O)OCC)c(C)c2C(=O)OCC)c(C(=O)OCC)c1C. The molecule has 0 saturated heterocycles. The van der Waals surface area contributed by atoms with Crippen molar-refractivity contribution in [1.82, 2.24) is 9.97 Å². The molecule has 35 heavy (non-hydrogen) atoms. The maximum Gasteiger partial charge on any atom is 0.355 e. The number of carbonyl (C=O) groups excluding carboxylic acids is 4. The van der Waals surface area contributed by atoms with Crippen LogP contribution in [0.15, 0.2) is 6.08 Å². The van der Waals surface area contributed by atoms with Crippen molar-refractivity contribution in [3.05, 3.63) is 51.1 Å². The van der Waals surface area contributed by atoms with Gasteiger partial charge in [0.15, 0.2) is 0 Å². The van der Waals surface area contributed by atoms with Crippen LogP contribution in [-0.2, 0) is 25.4 Å². The number of ether oxygens (including phenoxy) is 4. The van der Waals surface area contributed by atoms with Crippen molar-refractivity contribution in [1.29, 1.82) is 0 Å². The standard InChI is InChI=1S/C25H32N2O8/c1-7-32-22(28)18-14(5)20(24(30)34-9-3)26-16(18)12-11-13-17-19(23(29)33-8-2)15(6)21(27-17)25(31)35-10-4/h11-12,26-27H,7-10,13H2,1-6H3/b12-11+. The van der Waals surface area contributed by atoms with E-state index in [-0.39, 0.29) is 55.4 Å². The Morgan fingerprint density at radius 1 is 0.657 bits per heavy atom. The van der Waals surface area contributed by atoms with Gasteiger partial charge in [-0.05, 0) is 58.7 Å². The summed E-state index contributed by atoms with van der Waals surface area (Å²) in [6.07, 6.45) is 3.49. The molecule has 0 unspecified atom stereocenters. The lowest BCUT2D eigenvalue weighted by atomic mass is 10.1. The molecule has 0 fully saturated rings. The quantitative estimate of drug-likeness (QED) is 0.359. The zero-order chi connectivity index (χ0) is 26.1. The third-order valence-corrected chi connectivity index (χ3v) is 5.13. The average molecular weight is 489 g/mol. The summed E-state index contributed by atoms with van der Waals surface area (Å²) in [6, 6.07) is 0. The van der Waals surface area contributed by atoms with Crippen molar-refractivity contribution in [2.75, 3.05) is 26.4 Å². The smallest absolute Gasteiger partial charge is 0.355 e. The van der Waals surface area contributed by atoms with E-state index in [1.807, 2.05) is 0 Å². The predicted octanol–water partition coefficient (Wildman–Crippen LogP) is 3.92. The molecule has 0 aliphatic rings. The van der Waals surface area contributed by atoms with Crippen LogP contribution in [0.2, 0.25) is 0 Å². The van der Waals surface area contributed by atoms with Crippen LogP contribution in [0.3, 0.4) is 0 Å². The lowest BCUT2D eigenvalue weighted by Gasteiger charge is -2.04. The Kier molecular flexibility index (Phi) is 9.86. The zero-order valence-electron chi connectivity index (χ0n) is 21.0. The molecule has 2 rings (SSSR count). The number of allylic oxidation sites excluding steroid dienone is 1. The minimum Gasteiger partial charge on any atom is -0.462 e. The van der Waals surface area contributed by atoms with Gasteiger partial charge in [0.25, 0.3) is 0 Å². The molecule has 190 valence electrons. The van der Waals surface area contributed by atoms with Crippen molar-refractivity contribution in [2.45, 2.75) is 48.0 Å². The molecule has 0 radical (unpaired) electrons. The monoisotopic (exact) mass is 488 g/mol. The first-order valence-corrected chi connectivity index (χ1v) is 11.5. The Morgan fingerprint density at radius 2 is 1.09 bits per heavy atom. The molecular formula is C25H32N2O8. The van der Waals surface area contributed by atoms with Crippen LogP contribution in [0.1, 0.15) is 91.9 Å². The third-order valence-electron chi connectivity index (χ3n) is 5.13. The van der Waals surface area contributed by atoms with Crippen molar-refractivity contribution >= 4 is 30.0 Å². The van der Waals surface area contributed by atoms with Gasteiger partial charge in [-0.3, -0.25) is 0 Å². The van der Waals surface area contributed by atoms with Crippen molar-refractivity contribution in [2.24, 2.45) is 0 Å². The minimum absolute atomic E-state index is 0.155. The average Bonchev–Trinajstić information content (AvgIpc) is 3.31. The zero-order valence-corrected chi connectivity index (χ0v) is 21.0. The van der Waals surface area contributed by atoms with Gasteiger partial charge in [0.05, 0.1) is 43.2 Å². The maximum atomic E-state index is 12.6. The molecule has 0 bridgehead atoms. The van der Waals surface area contributed by atoms with Gasteiger partial charge in [-0.15, -0.1) is 0 Å². The number of hydrogen-bond donors (Lipinski definition) is 2. The van der Waals surface area contributed by atoms with E-state index in [1.165, 1.54) is 0 Å². The highest BCUT2D eigenvalue weighted by atomic mass is 16.5. The fourth-order valence-electron chi connectivity index (χ4n) is 3.61. The Balaban J connectivity index is 2.47. The second kappa shape index (κ2) is 12.6. The van der Waals surface area contributed by atoms with E-state index in [0.29, 0.717) is 22.5 Å². The summed E-state index contributed by atoms with van der Waals surface area (Å²) in [5, 5.41) is 0. The van der Waals surface area contributed by atoms with Crippen LogP contribution in [0.25, 0.3) is 6.08 Å². The highest BCUT2D eigenvalue weighted by Crippen LogP contribution is 2.24. The highest BCUT2D eigenvalue weighted by molar-refractivity contribution is 6.01. The van der Waals surface area contributed by atoms with Gasteiger partial charge in [-0.25, -0.2) is 19.2 Å². The largest absolute Gasteiger partial charge is 0.462 e. The molecule has 0 atom stereocenters. The molecule has 0 aromatic carbocycles. The second-order valence-corrected chi connectivity index (χ2v) is 7.38. The van der Waals surface area contributed by atoms with Gasteiger partial charge >= 0.3 is 23.9 Å². The van der Waals surface area contributed by atoms with Crippen LogP contribution < -0.4 is 0 Å². The molecule has 0 spiro atoms. The topological polar surface area (TPSA) is 137 Å². The molecule has 10 nitrogen and oxygen atoms in total. The van der Waals surface area contributed by atoms with Crippen LogP contribution >= 0.6 is 0 Å². The highest BCUT2D eigenvalue weighted by Gasteiger charge is 2.26. The van der Waals surface area contributed by atoms with E-state index in [0.717, 1.165) is 0 Å². The molecule has 0 saturated carbocycles. The van der Waals surface area contributed by atoms with E-state index < -0.39 is 23.9 Å². The molecule has 0 aliphatic heterocycles. The molecule has 10 heteroatoms. The van der Waals surface area contributed by atoms with Gasteiger partial charge in [0, 0.05) is 12.1 Å². The van der Waals surface area contributed by atoms with Crippen LogP contribution in [-0.4, -0.2) is 60.3 Å². The normalized spacial score (nSPS) is 10.9. The Bertz CT molecular complexity index is 1120. The van der Waals surface area contributed by atoms with Gasteiger partial charge in [-0.2, -0.15) is 0 Å². The summed E-state index contributed by atoms with van der Waals surface area (Å²) < 4.78 is 20.4. The summed E-state index contributed by atoms with van der Waals surface area (Å²) in [4.78, 5) is 55.7. The first kappa shape index (κ1) is 27.4. The van der Waals surface area contributed by atoms with Crippen LogP contribution in [0.5, 0.6) is 0 Å². The number of aromatic amines is 2. The Labute approximate surface area is 204 Å². The number of nitrogens with one attached hydrogen (secondary N) is 2. The first-order valence-electron chi connectivity index (χ1n) is 11.5. The summed E-state index contributed by atoms with van der Waals surface area (Å²) in [5.74, 6) is -2.30. The Hall–Kier alpha value is -3.82. The van der Waals surface area contributed by atoms with E-state index in [4.69, 9.17) is 18.9 Å². The van der Waals surface area contributed by atoms with Gasteiger partial charge in [0.2, 0.25) is 0 Å². The summed E-state index contributed by atoms with van der Waals surface area (Å²) >= 11 is 0. The molecule has 2 aromatic heterocycles. The second-order valence-electron chi connectivity index (χ2n) is 7.38. The third kappa shape index (κ3) is 6.20. The number of aromatic nitrogens is 2. The van der Waals surface area contributed by atoms with Gasteiger partial charge in [-0.1, -0.05) is 6.08 Å². The minimum atomic E-state index is -0.584. The molecule has 0 aliphatic carbocycles. The van der Waals surface area contributed by atoms with E-state index >= 15 is 0 Å². The van der Waals surface area contributed by atoms with Crippen LogP contribution in [0, 0.1) is 13.8 Å². The molecule has 0 amide bonds. The van der Waals surface area contributed by atoms with E-state index in [1.54, 1.807) is 53.7 Å². The van der Waals surface area contributed by atoms with Crippen molar-refractivity contribution in [3.63, 3.8) is 0 Å². The summed E-state index contributed by atoms with van der Waals surface area (Å²) in [5.41, 5.74) is 2.44. The number of rotatable bonds is 11. The lowest BCUT2D eigenvalue weighted by molar-refractivity contribution is 0.0505. The molecular weight excluding hydrogens is 456 g/mol. The fraction of sp³-hybridized carbons (Fsp3) is 0.440. The number of H-pyrrole nitrogens is 2. The van der Waals surface area contributed by atoms with Crippen molar-refractivity contribution in [3.8, 4) is 0 Å². The van der Waals surface area contributed by atoms with Crippen LogP contribution in [0.4, 0.5) is 0 Å². The fourth-order valence-corrected chi connectivity index (χ4v) is 3.61. The lowest BCUT2D eigenvalue weighted by Crippen LogP contribution is -2.09. The molecule has 2 N–H and O–H groups in total. The van der Waals surface area contributed by atoms with Gasteiger partial charge < -0.3 is 28.9 Å². The Morgan fingerprint density at radius 3 is 1.60 bits per heavy atom. The summed E-state index contributed by atoms with van der Waals surface area (Å²) in [6.45, 7) is 10.7. The van der Waals surface area contributed by atoms with Crippen molar-refractivity contribution < 1.29 is 38.1 Å². The molecule has 2 aromatic rings. The number of hydrogen-bond acceptors (Lipinski definition) is 8.